The molecule has 0 spiro atoms. The number of carbonyl (C=O) groups excluding carboxylic acids is 1. The van der Waals surface area contributed by atoms with E-state index in [9.17, 15) is 4.79 Å². The highest BCUT2D eigenvalue weighted by Crippen LogP contribution is 2.17. The molecule has 3 heteroatoms. The van der Waals surface area contributed by atoms with Crippen LogP contribution in [0.15, 0.2) is 48.8 Å². The quantitative estimate of drug-likeness (QED) is 0.785. The molecule has 0 aliphatic rings. The third-order valence-electron chi connectivity index (χ3n) is 2.84. The van der Waals surface area contributed by atoms with Gasteiger partial charge in [0.2, 0.25) is 0 Å². The summed E-state index contributed by atoms with van der Waals surface area (Å²) in [6, 6.07) is 7.67. The minimum absolute atomic E-state index is 0.0503. The van der Waals surface area contributed by atoms with Crippen molar-refractivity contribution in [2.45, 2.75) is 20.3 Å². The van der Waals surface area contributed by atoms with Gasteiger partial charge in [-0.05, 0) is 54.8 Å². The molecule has 2 aromatic rings. The second kappa shape index (κ2) is 5.57. The summed E-state index contributed by atoms with van der Waals surface area (Å²) >= 11 is 0. The number of allylic oxidation sites excluding steroid dienone is 1. The van der Waals surface area contributed by atoms with Gasteiger partial charge in [0.05, 0.1) is 11.4 Å². The first-order valence-corrected chi connectivity index (χ1v) is 6.13. The van der Waals surface area contributed by atoms with Gasteiger partial charge in [-0.3, -0.25) is 14.8 Å². The van der Waals surface area contributed by atoms with E-state index in [-0.39, 0.29) is 5.78 Å². The van der Waals surface area contributed by atoms with Crippen molar-refractivity contribution in [2.75, 3.05) is 0 Å². The summed E-state index contributed by atoms with van der Waals surface area (Å²) in [7, 11) is 0. The zero-order valence-electron chi connectivity index (χ0n) is 11.2. The van der Waals surface area contributed by atoms with Crippen molar-refractivity contribution >= 4 is 5.78 Å². The molecule has 2 rings (SSSR count). The number of carbonyl (C=O) groups is 1. The summed E-state index contributed by atoms with van der Waals surface area (Å²) in [5.41, 5.74) is 4.25. The van der Waals surface area contributed by atoms with Crippen molar-refractivity contribution in [3.8, 4) is 11.4 Å². The average molecular weight is 252 g/mol. The normalized spacial score (nSPS) is 10.2. The number of Topliss-reactive ketones (excluding diaryl/α,β-unsaturated/α-hetero) is 1. The molecule has 96 valence electrons. The monoisotopic (exact) mass is 252 g/mol. The Morgan fingerprint density at radius 1 is 1.16 bits per heavy atom. The van der Waals surface area contributed by atoms with Gasteiger partial charge < -0.3 is 0 Å². The van der Waals surface area contributed by atoms with E-state index in [1.54, 1.807) is 19.3 Å². The Kier molecular flexibility index (Phi) is 3.85. The molecule has 2 aromatic heterocycles. The molecule has 0 atom stereocenters. The van der Waals surface area contributed by atoms with E-state index in [4.69, 9.17) is 0 Å². The molecule has 3 nitrogen and oxygen atoms in total. The predicted molar refractivity (Wildman–Crippen MR) is 75.7 cm³/mol. The van der Waals surface area contributed by atoms with Crippen LogP contribution in [0, 0.1) is 6.92 Å². The number of pyridine rings is 2. The molecule has 0 bridgehead atoms. The van der Waals surface area contributed by atoms with Crippen LogP contribution in [0.4, 0.5) is 0 Å². The van der Waals surface area contributed by atoms with Crippen molar-refractivity contribution in [1.82, 2.24) is 9.97 Å². The number of aromatic nitrogens is 2. The van der Waals surface area contributed by atoms with Gasteiger partial charge in [-0.2, -0.15) is 0 Å². The highest BCUT2D eigenvalue weighted by molar-refractivity contribution is 5.95. The van der Waals surface area contributed by atoms with Gasteiger partial charge in [0.15, 0.2) is 5.78 Å². The van der Waals surface area contributed by atoms with Gasteiger partial charge in [-0.15, -0.1) is 0 Å². The Labute approximate surface area is 113 Å². The highest BCUT2D eigenvalue weighted by atomic mass is 16.1. The van der Waals surface area contributed by atoms with Crippen LogP contribution in [0.2, 0.25) is 0 Å². The van der Waals surface area contributed by atoms with E-state index in [0.29, 0.717) is 12.0 Å². The van der Waals surface area contributed by atoms with Gasteiger partial charge in [0.1, 0.15) is 0 Å². The van der Waals surface area contributed by atoms with Gasteiger partial charge >= 0.3 is 0 Å². The standard InChI is InChI=1S/C16H16N2O/c1-11(2)16(19)10-13-5-7-18-15(9-13)14-8-12(3)4-6-17-14/h4-9H,1,10H2,2-3H3. The summed E-state index contributed by atoms with van der Waals surface area (Å²) in [5, 5.41) is 0. The van der Waals surface area contributed by atoms with E-state index in [1.165, 1.54) is 0 Å². The van der Waals surface area contributed by atoms with Crippen LogP contribution in [0.5, 0.6) is 0 Å². The number of hydrogen-bond donors (Lipinski definition) is 0. The minimum atomic E-state index is 0.0503. The fourth-order valence-corrected chi connectivity index (χ4v) is 1.74. The maximum Gasteiger partial charge on any atom is 0.162 e. The zero-order valence-corrected chi connectivity index (χ0v) is 11.2. The van der Waals surface area contributed by atoms with Gasteiger partial charge in [0.25, 0.3) is 0 Å². The topological polar surface area (TPSA) is 42.9 Å². The molecule has 0 fully saturated rings. The number of nitrogens with zero attached hydrogens (tertiary/aromatic N) is 2. The first-order valence-electron chi connectivity index (χ1n) is 6.13. The second-order valence-corrected chi connectivity index (χ2v) is 4.65. The van der Waals surface area contributed by atoms with E-state index in [1.807, 2.05) is 31.2 Å². The maximum atomic E-state index is 11.7. The summed E-state index contributed by atoms with van der Waals surface area (Å²) in [6.07, 6.45) is 3.83. The Morgan fingerprint density at radius 2 is 1.79 bits per heavy atom. The van der Waals surface area contributed by atoms with Crippen molar-refractivity contribution in [1.29, 1.82) is 0 Å². The van der Waals surface area contributed by atoms with Crippen LogP contribution in [0.3, 0.4) is 0 Å². The number of hydrogen-bond acceptors (Lipinski definition) is 3. The molecule has 0 aliphatic carbocycles. The third-order valence-corrected chi connectivity index (χ3v) is 2.84. The molecule has 0 unspecified atom stereocenters. The fourth-order valence-electron chi connectivity index (χ4n) is 1.74. The van der Waals surface area contributed by atoms with Crippen LogP contribution < -0.4 is 0 Å². The van der Waals surface area contributed by atoms with E-state index >= 15 is 0 Å². The van der Waals surface area contributed by atoms with Crippen LogP contribution in [0.1, 0.15) is 18.1 Å². The molecule has 19 heavy (non-hydrogen) atoms. The van der Waals surface area contributed by atoms with Crippen LogP contribution in [-0.2, 0) is 11.2 Å². The summed E-state index contributed by atoms with van der Waals surface area (Å²) in [5.74, 6) is 0.0503. The Morgan fingerprint density at radius 3 is 2.42 bits per heavy atom. The first-order chi connectivity index (χ1) is 9.06. The van der Waals surface area contributed by atoms with E-state index < -0.39 is 0 Å². The third kappa shape index (κ3) is 3.35. The molecule has 0 aromatic carbocycles. The second-order valence-electron chi connectivity index (χ2n) is 4.65. The molecule has 0 saturated carbocycles. The lowest BCUT2D eigenvalue weighted by Crippen LogP contribution is -2.03. The highest BCUT2D eigenvalue weighted by Gasteiger charge is 2.07. The number of ketones is 1. The Hall–Kier alpha value is -2.29. The predicted octanol–water partition coefficient (Wildman–Crippen LogP) is 3.14. The number of aryl methyl sites for hydroxylation is 1. The Balaban J connectivity index is 2.29. The molecule has 0 saturated heterocycles. The van der Waals surface area contributed by atoms with Crippen LogP contribution in [0.25, 0.3) is 11.4 Å². The smallest absolute Gasteiger partial charge is 0.162 e. The fraction of sp³-hybridized carbons (Fsp3) is 0.188. The van der Waals surface area contributed by atoms with Crippen LogP contribution >= 0.6 is 0 Å². The molecular weight excluding hydrogens is 236 g/mol. The van der Waals surface area contributed by atoms with Gasteiger partial charge in [-0.25, -0.2) is 0 Å². The van der Waals surface area contributed by atoms with Crippen molar-refractivity contribution < 1.29 is 4.79 Å². The molecule has 0 aliphatic heterocycles. The lowest BCUT2D eigenvalue weighted by molar-refractivity contribution is -0.114. The Bertz CT molecular complexity index is 632. The molecule has 0 radical (unpaired) electrons. The lowest BCUT2D eigenvalue weighted by atomic mass is 10.0. The summed E-state index contributed by atoms with van der Waals surface area (Å²) in [4.78, 5) is 20.3. The van der Waals surface area contributed by atoms with Gasteiger partial charge in [0, 0.05) is 18.8 Å². The van der Waals surface area contributed by atoms with Crippen molar-refractivity contribution in [3.05, 3.63) is 59.9 Å². The summed E-state index contributed by atoms with van der Waals surface area (Å²) in [6.45, 7) is 7.41. The van der Waals surface area contributed by atoms with E-state index in [2.05, 4.69) is 16.5 Å². The SMILES string of the molecule is C=C(C)C(=O)Cc1ccnc(-c2cc(C)ccn2)c1. The van der Waals surface area contributed by atoms with Crippen molar-refractivity contribution in [2.24, 2.45) is 0 Å². The van der Waals surface area contributed by atoms with Crippen LogP contribution in [-0.4, -0.2) is 15.8 Å². The minimum Gasteiger partial charge on any atom is -0.294 e. The molecule has 0 N–H and O–H groups in total. The molecular formula is C16H16N2O. The molecule has 2 heterocycles. The zero-order chi connectivity index (χ0) is 13.8. The average Bonchev–Trinajstić information content (AvgIpc) is 2.39. The largest absolute Gasteiger partial charge is 0.294 e. The number of rotatable bonds is 4. The summed E-state index contributed by atoms with van der Waals surface area (Å²) < 4.78 is 0. The maximum absolute atomic E-state index is 11.7. The molecule has 0 amide bonds. The van der Waals surface area contributed by atoms with Gasteiger partial charge in [-0.1, -0.05) is 6.58 Å². The lowest BCUT2D eigenvalue weighted by Gasteiger charge is -2.04. The first kappa shape index (κ1) is 13.1. The van der Waals surface area contributed by atoms with E-state index in [0.717, 1.165) is 22.5 Å². The van der Waals surface area contributed by atoms with Crippen molar-refractivity contribution in [3.63, 3.8) is 0 Å².